The van der Waals surface area contributed by atoms with Gasteiger partial charge in [-0.1, -0.05) is 19.9 Å². The first-order valence-corrected chi connectivity index (χ1v) is 8.23. The van der Waals surface area contributed by atoms with E-state index in [1.807, 2.05) is 12.1 Å². The quantitative estimate of drug-likeness (QED) is 0.728. The Morgan fingerprint density at radius 2 is 2.12 bits per heavy atom. The number of rotatable bonds is 9. The van der Waals surface area contributed by atoms with Crippen LogP contribution in [0.15, 0.2) is 41.1 Å². The number of carbonyl (C=O) groups excluding carboxylic acids is 1. The molecule has 7 heteroatoms. The maximum absolute atomic E-state index is 12.2. The Morgan fingerprint density at radius 1 is 1.28 bits per heavy atom. The number of pyridine rings is 1. The van der Waals surface area contributed by atoms with Crippen molar-refractivity contribution in [3.63, 3.8) is 0 Å². The van der Waals surface area contributed by atoms with Crippen LogP contribution in [-0.4, -0.2) is 31.3 Å². The molecule has 0 saturated heterocycles. The third-order valence-corrected chi connectivity index (χ3v) is 3.39. The Balaban J connectivity index is 1.85. The monoisotopic (exact) mass is 347 g/mol. The van der Waals surface area contributed by atoms with Crippen LogP contribution in [0.25, 0.3) is 0 Å². The lowest BCUT2D eigenvalue weighted by Crippen LogP contribution is -2.39. The van der Waals surface area contributed by atoms with Crippen molar-refractivity contribution in [2.24, 2.45) is 5.92 Å². The number of urea groups is 1. The van der Waals surface area contributed by atoms with Crippen LogP contribution in [0.1, 0.15) is 31.2 Å². The minimum atomic E-state index is -0.345. The Hall–Kier alpha value is -2.54. The molecular weight excluding hydrogens is 322 g/mol. The molecule has 2 amide bonds. The second-order valence-corrected chi connectivity index (χ2v) is 6.04. The molecule has 2 aromatic rings. The molecule has 0 aliphatic heterocycles. The molecule has 2 N–H and O–H groups in total. The fourth-order valence-electron chi connectivity index (χ4n) is 2.13. The fourth-order valence-corrected chi connectivity index (χ4v) is 2.13. The van der Waals surface area contributed by atoms with Crippen molar-refractivity contribution >= 4 is 6.03 Å². The Bertz CT molecular complexity index is 626. The molecule has 2 aromatic heterocycles. The van der Waals surface area contributed by atoms with E-state index >= 15 is 0 Å². The van der Waals surface area contributed by atoms with Crippen LogP contribution in [0, 0.1) is 5.92 Å². The van der Waals surface area contributed by atoms with Crippen LogP contribution in [0.2, 0.25) is 0 Å². The number of amides is 2. The number of hydrogen-bond acceptors (Lipinski definition) is 5. The first kappa shape index (κ1) is 18.8. The van der Waals surface area contributed by atoms with Crippen molar-refractivity contribution in [1.82, 2.24) is 15.6 Å². The van der Waals surface area contributed by atoms with Gasteiger partial charge in [0.25, 0.3) is 0 Å². The SMILES string of the molecule is COc1ccc(CNC(=O)N[C@@H](COCC(C)C)c2ccco2)cn1. The van der Waals surface area contributed by atoms with Gasteiger partial charge in [0.1, 0.15) is 11.8 Å². The number of carbonyl (C=O) groups is 1. The van der Waals surface area contributed by atoms with E-state index in [4.69, 9.17) is 13.9 Å². The normalized spacial score (nSPS) is 12.0. The zero-order chi connectivity index (χ0) is 18.1. The summed E-state index contributed by atoms with van der Waals surface area (Å²) in [5.74, 6) is 1.62. The van der Waals surface area contributed by atoms with Crippen LogP contribution >= 0.6 is 0 Å². The van der Waals surface area contributed by atoms with Gasteiger partial charge in [-0.15, -0.1) is 0 Å². The average molecular weight is 347 g/mol. The summed E-state index contributed by atoms with van der Waals surface area (Å²) in [7, 11) is 1.56. The molecular formula is C18H25N3O4. The van der Waals surface area contributed by atoms with E-state index < -0.39 is 0 Å². The first-order valence-electron chi connectivity index (χ1n) is 8.23. The number of furan rings is 1. The minimum absolute atomic E-state index is 0.301. The minimum Gasteiger partial charge on any atom is -0.481 e. The van der Waals surface area contributed by atoms with E-state index in [-0.39, 0.29) is 12.1 Å². The van der Waals surface area contributed by atoms with Gasteiger partial charge < -0.3 is 24.5 Å². The second kappa shape index (κ2) is 9.68. The summed E-state index contributed by atoms with van der Waals surface area (Å²) in [6, 6.07) is 6.56. The Morgan fingerprint density at radius 3 is 2.72 bits per heavy atom. The number of nitrogens with one attached hydrogen (secondary N) is 2. The lowest BCUT2D eigenvalue weighted by atomic mass is 10.2. The second-order valence-electron chi connectivity index (χ2n) is 6.04. The lowest BCUT2D eigenvalue weighted by molar-refractivity contribution is 0.0868. The van der Waals surface area contributed by atoms with Crippen LogP contribution in [0.5, 0.6) is 5.88 Å². The molecule has 0 aromatic carbocycles. The van der Waals surface area contributed by atoms with Crippen molar-refractivity contribution in [3.05, 3.63) is 48.0 Å². The highest BCUT2D eigenvalue weighted by Crippen LogP contribution is 2.14. The number of nitrogens with zero attached hydrogens (tertiary/aromatic N) is 1. The van der Waals surface area contributed by atoms with Gasteiger partial charge in [-0.2, -0.15) is 0 Å². The summed E-state index contributed by atoms with van der Waals surface area (Å²) >= 11 is 0. The molecule has 0 bridgehead atoms. The molecule has 0 unspecified atom stereocenters. The maximum Gasteiger partial charge on any atom is 0.315 e. The van der Waals surface area contributed by atoms with Gasteiger partial charge in [0.15, 0.2) is 0 Å². The molecule has 1 atom stereocenters. The average Bonchev–Trinajstić information content (AvgIpc) is 3.14. The maximum atomic E-state index is 12.2. The van der Waals surface area contributed by atoms with E-state index in [0.29, 0.717) is 37.3 Å². The van der Waals surface area contributed by atoms with Gasteiger partial charge in [-0.3, -0.25) is 0 Å². The zero-order valence-corrected chi connectivity index (χ0v) is 14.8. The Labute approximate surface area is 147 Å². The molecule has 0 saturated carbocycles. The molecule has 7 nitrogen and oxygen atoms in total. The van der Waals surface area contributed by atoms with Crippen LogP contribution in [-0.2, 0) is 11.3 Å². The van der Waals surface area contributed by atoms with Gasteiger partial charge >= 0.3 is 6.03 Å². The molecule has 2 rings (SSSR count). The molecule has 25 heavy (non-hydrogen) atoms. The van der Waals surface area contributed by atoms with Crippen molar-refractivity contribution in [3.8, 4) is 5.88 Å². The molecule has 0 fully saturated rings. The highest BCUT2D eigenvalue weighted by atomic mass is 16.5. The van der Waals surface area contributed by atoms with Gasteiger partial charge in [0, 0.05) is 25.4 Å². The van der Waals surface area contributed by atoms with Gasteiger partial charge in [-0.05, 0) is 23.6 Å². The van der Waals surface area contributed by atoms with Crippen LogP contribution < -0.4 is 15.4 Å². The fraction of sp³-hybridized carbons (Fsp3) is 0.444. The molecule has 0 aliphatic carbocycles. The highest BCUT2D eigenvalue weighted by molar-refractivity contribution is 5.74. The van der Waals surface area contributed by atoms with E-state index in [1.54, 1.807) is 31.7 Å². The van der Waals surface area contributed by atoms with E-state index in [1.165, 1.54) is 0 Å². The van der Waals surface area contributed by atoms with Crippen molar-refractivity contribution < 1.29 is 18.7 Å². The Kier molecular flexibility index (Phi) is 7.28. The zero-order valence-electron chi connectivity index (χ0n) is 14.8. The number of aromatic nitrogens is 1. The summed E-state index contributed by atoms with van der Waals surface area (Å²) < 4.78 is 16.0. The molecule has 136 valence electrons. The summed E-state index contributed by atoms with van der Waals surface area (Å²) in [5, 5.41) is 5.67. The summed E-state index contributed by atoms with van der Waals surface area (Å²) in [6.45, 7) is 5.48. The van der Waals surface area contributed by atoms with Gasteiger partial charge in [-0.25, -0.2) is 9.78 Å². The summed E-state index contributed by atoms with van der Waals surface area (Å²) in [6.07, 6.45) is 3.24. The van der Waals surface area contributed by atoms with Crippen molar-refractivity contribution in [2.45, 2.75) is 26.4 Å². The summed E-state index contributed by atoms with van der Waals surface area (Å²) in [4.78, 5) is 16.3. The van der Waals surface area contributed by atoms with E-state index in [2.05, 4.69) is 29.5 Å². The van der Waals surface area contributed by atoms with Crippen LogP contribution in [0.4, 0.5) is 4.79 Å². The highest BCUT2D eigenvalue weighted by Gasteiger charge is 2.17. The summed E-state index contributed by atoms with van der Waals surface area (Å²) in [5.41, 5.74) is 0.876. The predicted octanol–water partition coefficient (Wildman–Crippen LogP) is 2.90. The van der Waals surface area contributed by atoms with E-state index in [0.717, 1.165) is 5.56 Å². The van der Waals surface area contributed by atoms with Gasteiger partial charge in [0.05, 0.1) is 20.0 Å². The lowest BCUT2D eigenvalue weighted by Gasteiger charge is -2.18. The number of ether oxygens (including phenoxy) is 2. The first-order chi connectivity index (χ1) is 12.1. The predicted molar refractivity (Wildman–Crippen MR) is 93.3 cm³/mol. The van der Waals surface area contributed by atoms with Crippen molar-refractivity contribution in [2.75, 3.05) is 20.3 Å². The largest absolute Gasteiger partial charge is 0.481 e. The third kappa shape index (κ3) is 6.46. The van der Waals surface area contributed by atoms with Gasteiger partial charge in [0.2, 0.25) is 5.88 Å². The van der Waals surface area contributed by atoms with Crippen molar-refractivity contribution in [1.29, 1.82) is 0 Å². The smallest absolute Gasteiger partial charge is 0.315 e. The number of hydrogen-bond donors (Lipinski definition) is 2. The third-order valence-electron chi connectivity index (χ3n) is 3.39. The number of methoxy groups -OCH3 is 1. The van der Waals surface area contributed by atoms with Crippen LogP contribution in [0.3, 0.4) is 0 Å². The molecule has 0 spiro atoms. The molecule has 0 radical (unpaired) electrons. The molecule has 2 heterocycles. The van der Waals surface area contributed by atoms with E-state index in [9.17, 15) is 4.79 Å². The topological polar surface area (TPSA) is 85.6 Å². The standard InChI is InChI=1S/C18H25N3O4/c1-13(2)11-24-12-15(16-5-4-8-25-16)21-18(22)20-10-14-6-7-17(23-3)19-9-14/h4-9,13,15H,10-12H2,1-3H3,(H2,20,21,22)/t15-/m0/s1. The molecule has 0 aliphatic rings.